The van der Waals surface area contributed by atoms with Gasteiger partial charge in [0.2, 0.25) is 11.8 Å². The third-order valence-electron chi connectivity index (χ3n) is 5.10. The van der Waals surface area contributed by atoms with Crippen molar-refractivity contribution in [1.29, 1.82) is 0 Å². The van der Waals surface area contributed by atoms with Crippen LogP contribution >= 0.6 is 15.9 Å². The fourth-order valence-electron chi connectivity index (χ4n) is 3.36. The Morgan fingerprint density at radius 3 is 2.42 bits per heavy atom. The summed E-state index contributed by atoms with van der Waals surface area (Å²) < 4.78 is 4.46. The second-order valence-corrected chi connectivity index (χ2v) is 7.96. The molecule has 1 atom stereocenters. The zero-order valence-electron chi connectivity index (χ0n) is 17.0. The minimum atomic E-state index is -0.485. The molecule has 2 heterocycles. The lowest BCUT2D eigenvalue weighted by Crippen LogP contribution is -2.24. The van der Waals surface area contributed by atoms with Crippen molar-refractivity contribution in [3.63, 3.8) is 0 Å². The number of rotatable bonds is 6. The monoisotopic (exact) mass is 480 g/mol. The number of hydrogen-bond donors (Lipinski definition) is 2. The van der Waals surface area contributed by atoms with Crippen molar-refractivity contribution in [3.05, 3.63) is 71.4 Å². The summed E-state index contributed by atoms with van der Waals surface area (Å²) in [5.74, 6) is -0.337. The molecule has 2 N–H and O–H groups in total. The second kappa shape index (κ2) is 8.73. The number of halogens is 1. The summed E-state index contributed by atoms with van der Waals surface area (Å²) in [6.45, 7) is 3.92. The van der Waals surface area contributed by atoms with Crippen molar-refractivity contribution >= 4 is 50.0 Å². The van der Waals surface area contributed by atoms with Gasteiger partial charge in [-0.05, 0) is 60.1 Å². The van der Waals surface area contributed by atoms with Crippen LogP contribution in [0.1, 0.15) is 18.7 Å². The van der Waals surface area contributed by atoms with Gasteiger partial charge < -0.3 is 15.2 Å². The highest BCUT2D eigenvalue weighted by Gasteiger charge is 2.16. The van der Waals surface area contributed by atoms with Gasteiger partial charge in [-0.15, -0.1) is 0 Å². The van der Waals surface area contributed by atoms with Gasteiger partial charge in [0.25, 0.3) is 0 Å². The molecule has 31 heavy (non-hydrogen) atoms. The highest BCUT2D eigenvalue weighted by atomic mass is 79.9. The number of carbonyl (C=O) groups is 2. The summed E-state index contributed by atoms with van der Waals surface area (Å²) in [5, 5.41) is 10.8. The molecule has 0 fully saturated rings. The summed E-state index contributed by atoms with van der Waals surface area (Å²) in [5.41, 5.74) is 3.28. The van der Waals surface area contributed by atoms with E-state index >= 15 is 0 Å². The molecule has 0 radical (unpaired) electrons. The maximum absolute atomic E-state index is 12.6. The largest absolute Gasteiger partial charge is 0.334 e. The highest BCUT2D eigenvalue weighted by molar-refractivity contribution is 9.10. The van der Waals surface area contributed by atoms with Gasteiger partial charge in [-0.2, -0.15) is 5.10 Å². The van der Waals surface area contributed by atoms with E-state index < -0.39 is 6.04 Å². The summed E-state index contributed by atoms with van der Waals surface area (Å²) in [4.78, 5) is 28.8. The summed E-state index contributed by atoms with van der Waals surface area (Å²) in [7, 11) is 0. The van der Waals surface area contributed by atoms with Crippen LogP contribution in [0.3, 0.4) is 0 Å². The normalized spacial score (nSPS) is 12.0. The van der Waals surface area contributed by atoms with Crippen LogP contribution in [0.2, 0.25) is 0 Å². The van der Waals surface area contributed by atoms with E-state index in [0.717, 1.165) is 21.1 Å². The zero-order valence-corrected chi connectivity index (χ0v) is 18.6. The molecular formula is C22H21BrN6O2. The minimum Gasteiger partial charge on any atom is -0.334 e. The number of amides is 2. The van der Waals surface area contributed by atoms with Crippen LogP contribution in [-0.4, -0.2) is 31.1 Å². The van der Waals surface area contributed by atoms with Crippen LogP contribution in [0.4, 0.5) is 11.4 Å². The molecule has 4 aromatic rings. The van der Waals surface area contributed by atoms with Gasteiger partial charge in [0.15, 0.2) is 0 Å². The Morgan fingerprint density at radius 2 is 1.74 bits per heavy atom. The van der Waals surface area contributed by atoms with E-state index in [-0.39, 0.29) is 18.4 Å². The predicted octanol–water partition coefficient (Wildman–Crippen LogP) is 4.14. The number of anilines is 2. The number of carbonyl (C=O) groups excluding carboxylic acids is 2. The first-order chi connectivity index (χ1) is 14.9. The zero-order chi connectivity index (χ0) is 22.0. The quantitative estimate of drug-likeness (QED) is 0.433. The van der Waals surface area contributed by atoms with Crippen LogP contribution in [0.15, 0.2) is 65.7 Å². The van der Waals surface area contributed by atoms with Crippen molar-refractivity contribution in [2.24, 2.45) is 0 Å². The van der Waals surface area contributed by atoms with Gasteiger partial charge >= 0.3 is 0 Å². The van der Waals surface area contributed by atoms with Gasteiger partial charge in [0.05, 0.1) is 0 Å². The van der Waals surface area contributed by atoms with E-state index in [1.807, 2.05) is 35.8 Å². The number of aromatic nitrogens is 4. The number of nitrogens with zero attached hydrogens (tertiary/aromatic N) is 4. The lowest BCUT2D eigenvalue weighted by atomic mass is 10.2. The van der Waals surface area contributed by atoms with Crippen LogP contribution in [0.25, 0.3) is 10.9 Å². The van der Waals surface area contributed by atoms with Crippen molar-refractivity contribution in [2.45, 2.75) is 26.4 Å². The first-order valence-electron chi connectivity index (χ1n) is 9.72. The number of fused-ring (bicyclic) bond motifs is 1. The fourth-order valence-corrected chi connectivity index (χ4v) is 3.91. The van der Waals surface area contributed by atoms with Crippen LogP contribution < -0.4 is 10.6 Å². The Kier molecular flexibility index (Phi) is 5.85. The Balaban J connectivity index is 1.40. The number of hydrogen-bond acceptors (Lipinski definition) is 4. The standard InChI is InChI=1S/C22H21BrN6O2/c1-14-21(23)18-5-3-4-6-19(18)28(14)11-20(30)26-16-7-9-17(10-8-16)27-22(31)15(2)29-13-24-12-25-29/h3-10,12-13,15H,11H2,1-2H3,(H,26,30)(H,27,31). The first-order valence-corrected chi connectivity index (χ1v) is 10.5. The molecule has 0 aliphatic heterocycles. The topological polar surface area (TPSA) is 93.8 Å². The number of benzene rings is 2. The summed E-state index contributed by atoms with van der Waals surface area (Å²) >= 11 is 3.61. The Labute approximate surface area is 187 Å². The van der Waals surface area contributed by atoms with E-state index in [1.54, 1.807) is 31.2 Å². The van der Waals surface area contributed by atoms with Gasteiger partial charge in [-0.25, -0.2) is 9.67 Å². The average Bonchev–Trinajstić information content (AvgIpc) is 3.39. The Morgan fingerprint density at radius 1 is 1.06 bits per heavy atom. The molecule has 4 rings (SSSR count). The molecule has 0 spiro atoms. The van der Waals surface area contributed by atoms with Gasteiger partial charge in [-0.3, -0.25) is 9.59 Å². The molecular weight excluding hydrogens is 460 g/mol. The van der Waals surface area contributed by atoms with Crippen LogP contribution in [-0.2, 0) is 16.1 Å². The van der Waals surface area contributed by atoms with E-state index in [4.69, 9.17) is 0 Å². The van der Waals surface area contributed by atoms with E-state index in [1.165, 1.54) is 17.3 Å². The number of nitrogens with one attached hydrogen (secondary N) is 2. The summed E-state index contributed by atoms with van der Waals surface area (Å²) in [6.07, 6.45) is 2.88. The molecule has 0 saturated carbocycles. The SMILES string of the molecule is Cc1c(Br)c2ccccc2n1CC(=O)Nc1ccc(NC(=O)C(C)n2cncn2)cc1. The molecule has 1 unspecified atom stereocenters. The maximum atomic E-state index is 12.6. The summed E-state index contributed by atoms with van der Waals surface area (Å²) in [6, 6.07) is 14.5. The van der Waals surface area contributed by atoms with Crippen molar-refractivity contribution < 1.29 is 9.59 Å². The lowest BCUT2D eigenvalue weighted by molar-refractivity contribution is -0.119. The van der Waals surface area contributed by atoms with Gasteiger partial charge in [-0.1, -0.05) is 18.2 Å². The van der Waals surface area contributed by atoms with E-state index in [0.29, 0.717) is 11.4 Å². The molecule has 0 aliphatic carbocycles. The molecule has 9 heteroatoms. The van der Waals surface area contributed by atoms with Crippen molar-refractivity contribution in [3.8, 4) is 0 Å². The highest BCUT2D eigenvalue weighted by Crippen LogP contribution is 2.30. The molecule has 0 aliphatic rings. The van der Waals surface area contributed by atoms with E-state index in [9.17, 15) is 9.59 Å². The van der Waals surface area contributed by atoms with Crippen molar-refractivity contribution in [2.75, 3.05) is 10.6 Å². The van der Waals surface area contributed by atoms with Crippen LogP contribution in [0.5, 0.6) is 0 Å². The van der Waals surface area contributed by atoms with Crippen LogP contribution in [0, 0.1) is 6.92 Å². The molecule has 2 amide bonds. The molecule has 0 saturated heterocycles. The molecule has 2 aromatic carbocycles. The smallest absolute Gasteiger partial charge is 0.249 e. The Bertz CT molecular complexity index is 1230. The third-order valence-corrected chi connectivity index (χ3v) is 6.11. The van der Waals surface area contributed by atoms with Crippen molar-refractivity contribution in [1.82, 2.24) is 19.3 Å². The number of para-hydroxylation sites is 1. The van der Waals surface area contributed by atoms with Gasteiger partial charge in [0, 0.05) is 32.4 Å². The Hall–Kier alpha value is -3.46. The predicted molar refractivity (Wildman–Crippen MR) is 123 cm³/mol. The van der Waals surface area contributed by atoms with Gasteiger partial charge in [0.1, 0.15) is 25.2 Å². The maximum Gasteiger partial charge on any atom is 0.249 e. The average molecular weight is 481 g/mol. The second-order valence-electron chi connectivity index (χ2n) is 7.17. The fraction of sp³-hybridized carbons (Fsp3) is 0.182. The third kappa shape index (κ3) is 4.36. The molecule has 158 valence electrons. The molecule has 8 nitrogen and oxygen atoms in total. The lowest BCUT2D eigenvalue weighted by Gasteiger charge is -2.13. The van der Waals surface area contributed by atoms with E-state index in [2.05, 4.69) is 36.6 Å². The molecule has 0 bridgehead atoms. The minimum absolute atomic E-state index is 0.132. The molecule has 2 aromatic heterocycles. The first kappa shape index (κ1) is 20.8.